The third-order valence-electron chi connectivity index (χ3n) is 5.36. The summed E-state index contributed by atoms with van der Waals surface area (Å²) in [5.74, 6) is -0.373. The number of aliphatic hydroxyl groups excluding tert-OH is 1. The van der Waals surface area contributed by atoms with Crippen molar-refractivity contribution in [1.82, 2.24) is 14.9 Å². The largest absolute Gasteiger partial charge is 0.496 e. The Kier molecular flexibility index (Phi) is 4.91. The van der Waals surface area contributed by atoms with Gasteiger partial charge in [0.25, 0.3) is 5.91 Å². The number of carbonyl (C=O) groups excluding carboxylic acids is 2. The van der Waals surface area contributed by atoms with Gasteiger partial charge in [-0.25, -0.2) is 13.2 Å². The van der Waals surface area contributed by atoms with Crippen molar-refractivity contribution in [2.75, 3.05) is 26.8 Å². The Labute approximate surface area is 157 Å². The number of urea groups is 1. The number of hydrogen-bond donors (Lipinski definition) is 3. The molecule has 27 heavy (non-hydrogen) atoms. The molecule has 1 unspecified atom stereocenters. The van der Waals surface area contributed by atoms with E-state index in [1.54, 1.807) is 0 Å². The average Bonchev–Trinajstić information content (AvgIpc) is 3.14. The van der Waals surface area contributed by atoms with Crippen molar-refractivity contribution in [3.05, 3.63) is 23.8 Å². The molecule has 0 aromatic heterocycles. The van der Waals surface area contributed by atoms with E-state index in [0.29, 0.717) is 6.54 Å². The SMILES string of the molecule is COc1ccc(S(=O)(=O)N2C[C@@H](CO)[C@H](C)C2)cc1C1(C)NC(=O)NC1=O. The highest BCUT2D eigenvalue weighted by atomic mass is 32.2. The van der Waals surface area contributed by atoms with E-state index in [0.717, 1.165) is 0 Å². The van der Waals surface area contributed by atoms with E-state index in [-0.39, 0.29) is 41.2 Å². The van der Waals surface area contributed by atoms with Crippen LogP contribution in [0.25, 0.3) is 0 Å². The Morgan fingerprint density at radius 2 is 2.04 bits per heavy atom. The van der Waals surface area contributed by atoms with Crippen LogP contribution in [-0.2, 0) is 20.4 Å². The van der Waals surface area contributed by atoms with Crippen molar-refractivity contribution in [2.45, 2.75) is 24.3 Å². The van der Waals surface area contributed by atoms with Crippen molar-refractivity contribution in [2.24, 2.45) is 11.8 Å². The van der Waals surface area contributed by atoms with Crippen molar-refractivity contribution >= 4 is 22.0 Å². The summed E-state index contributed by atoms with van der Waals surface area (Å²) in [6, 6.07) is 3.58. The standard InChI is InChI=1S/C17H23N3O6S/c1-10-7-20(8-11(10)9-21)27(24,25)12-4-5-14(26-3)13(6-12)17(2)15(22)18-16(23)19-17/h4-6,10-11,21H,7-9H2,1-3H3,(H2,18,19,22,23)/t10-,11+,17?/m1/s1. The lowest BCUT2D eigenvalue weighted by Crippen LogP contribution is -2.41. The maximum Gasteiger partial charge on any atom is 0.322 e. The highest BCUT2D eigenvalue weighted by Crippen LogP contribution is 2.36. The molecule has 2 aliphatic heterocycles. The van der Waals surface area contributed by atoms with E-state index < -0.39 is 27.5 Å². The number of rotatable bonds is 5. The van der Waals surface area contributed by atoms with Crippen LogP contribution >= 0.6 is 0 Å². The zero-order valence-corrected chi connectivity index (χ0v) is 16.2. The Hall–Kier alpha value is -2.17. The molecule has 9 nitrogen and oxygen atoms in total. The third-order valence-corrected chi connectivity index (χ3v) is 7.19. The van der Waals surface area contributed by atoms with Gasteiger partial charge in [-0.15, -0.1) is 0 Å². The second-order valence-corrected chi connectivity index (χ2v) is 9.08. The number of aliphatic hydroxyl groups is 1. The quantitative estimate of drug-likeness (QED) is 0.601. The molecule has 3 rings (SSSR count). The number of sulfonamides is 1. The summed E-state index contributed by atoms with van der Waals surface area (Å²) in [7, 11) is -2.43. The van der Waals surface area contributed by atoms with Gasteiger partial charge >= 0.3 is 6.03 Å². The minimum atomic E-state index is -3.83. The summed E-state index contributed by atoms with van der Waals surface area (Å²) in [6.07, 6.45) is 0. The molecule has 3 atom stereocenters. The zero-order chi connectivity index (χ0) is 20.0. The molecule has 0 saturated carbocycles. The maximum absolute atomic E-state index is 13.1. The van der Waals surface area contributed by atoms with E-state index >= 15 is 0 Å². The molecule has 2 saturated heterocycles. The lowest BCUT2D eigenvalue weighted by atomic mass is 9.91. The topological polar surface area (TPSA) is 125 Å². The number of ether oxygens (including phenoxy) is 1. The van der Waals surface area contributed by atoms with Crippen molar-refractivity contribution in [3.8, 4) is 5.75 Å². The van der Waals surface area contributed by atoms with Crippen LogP contribution in [0.1, 0.15) is 19.4 Å². The minimum absolute atomic E-state index is 0.000682. The van der Waals surface area contributed by atoms with Crippen molar-refractivity contribution < 1.29 is 27.9 Å². The van der Waals surface area contributed by atoms with Crippen LogP contribution < -0.4 is 15.4 Å². The molecular weight excluding hydrogens is 374 g/mol. The molecule has 10 heteroatoms. The van der Waals surface area contributed by atoms with Gasteiger partial charge in [0.05, 0.1) is 12.0 Å². The molecule has 0 aliphatic carbocycles. The smallest absolute Gasteiger partial charge is 0.322 e. The Morgan fingerprint density at radius 3 is 2.56 bits per heavy atom. The highest BCUT2D eigenvalue weighted by Gasteiger charge is 2.46. The van der Waals surface area contributed by atoms with Crippen molar-refractivity contribution in [1.29, 1.82) is 0 Å². The summed E-state index contributed by atoms with van der Waals surface area (Å²) in [5, 5.41) is 14.1. The van der Waals surface area contributed by atoms with Crippen LogP contribution in [-0.4, -0.2) is 56.6 Å². The normalized spacial score (nSPS) is 28.9. The van der Waals surface area contributed by atoms with Gasteiger partial charge in [-0.05, 0) is 37.0 Å². The molecular formula is C17H23N3O6S. The van der Waals surface area contributed by atoms with E-state index in [1.807, 2.05) is 6.92 Å². The molecule has 1 aromatic carbocycles. The molecule has 3 N–H and O–H groups in total. The van der Waals surface area contributed by atoms with E-state index in [4.69, 9.17) is 4.74 Å². The molecule has 3 amide bonds. The van der Waals surface area contributed by atoms with Crippen LogP contribution in [0, 0.1) is 11.8 Å². The minimum Gasteiger partial charge on any atom is -0.496 e. The molecule has 1 aromatic rings. The fraction of sp³-hybridized carbons (Fsp3) is 0.529. The maximum atomic E-state index is 13.1. The van der Waals surface area contributed by atoms with Crippen LogP contribution in [0.3, 0.4) is 0 Å². The number of methoxy groups -OCH3 is 1. The lowest BCUT2D eigenvalue weighted by molar-refractivity contribution is -0.123. The summed E-state index contributed by atoms with van der Waals surface area (Å²) in [6.45, 7) is 3.85. The zero-order valence-electron chi connectivity index (χ0n) is 15.4. The number of nitrogens with one attached hydrogen (secondary N) is 2. The van der Waals surface area contributed by atoms with Gasteiger partial charge in [0.1, 0.15) is 11.3 Å². The first kappa shape index (κ1) is 19.6. The lowest BCUT2D eigenvalue weighted by Gasteiger charge is -2.25. The van der Waals surface area contributed by atoms with E-state index in [1.165, 1.54) is 36.5 Å². The summed E-state index contributed by atoms with van der Waals surface area (Å²) >= 11 is 0. The van der Waals surface area contributed by atoms with Gasteiger partial charge in [0, 0.05) is 25.3 Å². The predicted molar refractivity (Wildman–Crippen MR) is 95.5 cm³/mol. The van der Waals surface area contributed by atoms with Crippen LogP contribution in [0.4, 0.5) is 4.79 Å². The molecule has 2 fully saturated rings. The average molecular weight is 397 g/mol. The first-order chi connectivity index (χ1) is 12.6. The Morgan fingerprint density at radius 1 is 1.33 bits per heavy atom. The van der Waals surface area contributed by atoms with Gasteiger partial charge in [-0.1, -0.05) is 6.92 Å². The Bertz CT molecular complexity index is 887. The fourth-order valence-corrected chi connectivity index (χ4v) is 5.16. The van der Waals surface area contributed by atoms with Crippen LogP contribution in [0.15, 0.2) is 23.1 Å². The molecule has 148 valence electrons. The number of amides is 3. The number of carbonyl (C=O) groups is 2. The van der Waals surface area contributed by atoms with Gasteiger partial charge < -0.3 is 15.2 Å². The molecule has 0 bridgehead atoms. The molecule has 0 radical (unpaired) electrons. The fourth-order valence-electron chi connectivity index (χ4n) is 3.54. The van der Waals surface area contributed by atoms with Gasteiger partial charge in [-0.2, -0.15) is 4.31 Å². The first-order valence-corrected chi connectivity index (χ1v) is 10.0. The number of imide groups is 1. The van der Waals surface area contributed by atoms with E-state index in [2.05, 4.69) is 10.6 Å². The third kappa shape index (κ3) is 3.17. The van der Waals surface area contributed by atoms with Gasteiger partial charge in [-0.3, -0.25) is 10.1 Å². The van der Waals surface area contributed by atoms with Gasteiger partial charge in [0.2, 0.25) is 10.0 Å². The number of benzene rings is 1. The van der Waals surface area contributed by atoms with Gasteiger partial charge in [0.15, 0.2) is 0 Å². The second kappa shape index (κ2) is 6.77. The summed E-state index contributed by atoms with van der Waals surface area (Å²) in [5.41, 5.74) is -1.19. The first-order valence-electron chi connectivity index (χ1n) is 8.56. The molecule has 2 aliphatic rings. The van der Waals surface area contributed by atoms with Crippen molar-refractivity contribution in [3.63, 3.8) is 0 Å². The van der Waals surface area contributed by atoms with Crippen LogP contribution in [0.5, 0.6) is 5.75 Å². The summed E-state index contributed by atoms with van der Waals surface area (Å²) in [4.78, 5) is 23.9. The summed E-state index contributed by atoms with van der Waals surface area (Å²) < 4.78 is 32.8. The van der Waals surface area contributed by atoms with E-state index in [9.17, 15) is 23.1 Å². The molecule has 0 spiro atoms. The van der Waals surface area contributed by atoms with Crippen LogP contribution in [0.2, 0.25) is 0 Å². The highest BCUT2D eigenvalue weighted by molar-refractivity contribution is 7.89. The Balaban J connectivity index is 2.03. The number of nitrogens with zero attached hydrogens (tertiary/aromatic N) is 1. The molecule has 2 heterocycles. The monoisotopic (exact) mass is 397 g/mol. The predicted octanol–water partition coefficient (Wildman–Crippen LogP) is -0.00130. The number of hydrogen-bond acceptors (Lipinski definition) is 6. The second-order valence-electron chi connectivity index (χ2n) is 7.14.